The van der Waals surface area contributed by atoms with Gasteiger partial charge in [0.05, 0.1) is 0 Å². The molecule has 0 heterocycles. The van der Waals surface area contributed by atoms with Gasteiger partial charge in [0.2, 0.25) is 0 Å². The minimum Gasteiger partial charge on any atom is -0.489 e. The largest absolute Gasteiger partial charge is 0.489 e. The zero-order valence-corrected chi connectivity index (χ0v) is 20.4. The second kappa shape index (κ2) is 9.65. The molecule has 1 N–H and O–H groups in total. The molecule has 0 aliphatic heterocycles. The number of unbranched alkanes of at least 4 members (excludes halogenated alkanes) is 1. The summed E-state index contributed by atoms with van der Waals surface area (Å²) in [5.74, 6) is 1.58. The zero-order chi connectivity index (χ0) is 24.6. The number of allylic oxidation sites excluding steroid dienone is 2. The van der Waals surface area contributed by atoms with Crippen LogP contribution >= 0.6 is 0 Å². The second-order valence-electron chi connectivity index (χ2n) is 10.8. The van der Waals surface area contributed by atoms with Crippen molar-refractivity contribution in [1.82, 2.24) is 0 Å². The number of hydrogen-bond acceptors (Lipinski definition) is 2. The number of ether oxygens (including phenoxy) is 1. The van der Waals surface area contributed by atoms with Crippen LogP contribution in [0.5, 0.6) is 5.75 Å². The summed E-state index contributed by atoms with van der Waals surface area (Å²) in [5, 5.41) is 9.29. The van der Waals surface area contributed by atoms with Crippen LogP contribution in [-0.4, -0.2) is 17.9 Å². The molecule has 4 atom stereocenters. The lowest BCUT2D eigenvalue weighted by Gasteiger charge is -2.50. The summed E-state index contributed by atoms with van der Waals surface area (Å²) in [6, 6.07) is 14.6. The maximum absolute atomic E-state index is 13.8. The number of aliphatic hydroxyl groups is 1. The van der Waals surface area contributed by atoms with Crippen LogP contribution in [0.2, 0.25) is 0 Å². The number of halogens is 3. The molecule has 0 bridgehead atoms. The van der Waals surface area contributed by atoms with E-state index in [1.54, 1.807) is 0 Å². The first-order valence-corrected chi connectivity index (χ1v) is 13.0. The number of alkyl halides is 3. The van der Waals surface area contributed by atoms with Gasteiger partial charge < -0.3 is 9.84 Å². The third-order valence-corrected chi connectivity index (χ3v) is 8.88. The number of fused-ring (bicyclic) bond motifs is 5. The zero-order valence-electron chi connectivity index (χ0n) is 20.4. The molecule has 5 rings (SSSR count). The van der Waals surface area contributed by atoms with E-state index in [-0.39, 0.29) is 18.1 Å². The molecule has 0 aromatic heterocycles. The summed E-state index contributed by atoms with van der Waals surface area (Å²) in [7, 11) is 0. The highest BCUT2D eigenvalue weighted by Gasteiger charge is 2.57. The minimum absolute atomic E-state index is 0.0675. The number of hydrogen-bond donors (Lipinski definition) is 1. The fourth-order valence-electron chi connectivity index (χ4n) is 7.14. The predicted octanol–water partition coefficient (Wildman–Crippen LogP) is 7.54. The smallest absolute Gasteiger partial charge is 0.412 e. The first kappa shape index (κ1) is 24.4. The average Bonchev–Trinajstić information content (AvgIpc) is 3.21. The van der Waals surface area contributed by atoms with E-state index < -0.39 is 11.6 Å². The number of rotatable bonds is 7. The summed E-state index contributed by atoms with van der Waals surface area (Å²) in [6.45, 7) is 2.53. The molecular formula is C30H35F3O2. The minimum atomic E-state index is -4.23. The molecule has 3 aliphatic carbocycles. The highest BCUT2D eigenvalue weighted by atomic mass is 19.4. The molecular weight excluding hydrogens is 449 g/mol. The van der Waals surface area contributed by atoms with Gasteiger partial charge in [-0.25, -0.2) is 0 Å². The fraction of sp³-hybridized carbons (Fsp3) is 0.533. The maximum Gasteiger partial charge on any atom is 0.412 e. The van der Waals surface area contributed by atoms with Crippen molar-refractivity contribution in [1.29, 1.82) is 0 Å². The fourth-order valence-corrected chi connectivity index (χ4v) is 7.14. The van der Waals surface area contributed by atoms with Crippen molar-refractivity contribution >= 4 is 0 Å². The molecule has 0 amide bonds. The molecule has 2 aromatic rings. The first-order chi connectivity index (χ1) is 16.8. The van der Waals surface area contributed by atoms with Crippen molar-refractivity contribution in [2.24, 2.45) is 17.3 Å². The molecule has 188 valence electrons. The Kier molecular flexibility index (Phi) is 6.73. The maximum atomic E-state index is 13.8. The van der Waals surface area contributed by atoms with E-state index in [1.165, 1.54) is 17.2 Å². The standard InChI is InChI=1S/C30H35F3O2/c1-29-15-14-23-24(26(29)12-13-28(29)30(31,32)33)11-10-21-18-27(35-19-20-7-3-2-4-8-20)22(17-25(21)23)9-5-6-16-34/h2-4,7-8,13,17-18,23-24,26,34H,5-6,9-12,14-16,19H2,1H3/t23?,24?,26?,29-/m0/s1. The van der Waals surface area contributed by atoms with Gasteiger partial charge in [0.15, 0.2) is 0 Å². The molecule has 1 fully saturated rings. The van der Waals surface area contributed by atoms with E-state index in [2.05, 4.69) is 24.3 Å². The Morgan fingerprint density at radius 1 is 1.09 bits per heavy atom. The van der Waals surface area contributed by atoms with Gasteiger partial charge in [-0.15, -0.1) is 0 Å². The van der Waals surface area contributed by atoms with Crippen molar-refractivity contribution in [3.63, 3.8) is 0 Å². The molecule has 0 spiro atoms. The summed E-state index contributed by atoms with van der Waals surface area (Å²) < 4.78 is 47.6. The Bertz CT molecular complexity index is 1070. The van der Waals surface area contributed by atoms with Gasteiger partial charge in [-0.3, -0.25) is 0 Å². The lowest BCUT2D eigenvalue weighted by atomic mass is 9.54. The quantitative estimate of drug-likeness (QED) is 0.325. The summed E-state index contributed by atoms with van der Waals surface area (Å²) in [4.78, 5) is 0. The Hall–Kier alpha value is -2.27. The number of benzene rings is 2. The third-order valence-electron chi connectivity index (χ3n) is 8.88. The van der Waals surface area contributed by atoms with Gasteiger partial charge in [-0.1, -0.05) is 49.4 Å². The van der Waals surface area contributed by atoms with Crippen LogP contribution in [0, 0.1) is 17.3 Å². The highest BCUT2D eigenvalue weighted by Crippen LogP contribution is 2.63. The van der Waals surface area contributed by atoms with E-state index >= 15 is 0 Å². The van der Waals surface area contributed by atoms with Crippen molar-refractivity contribution in [3.8, 4) is 5.75 Å². The lowest BCUT2D eigenvalue weighted by molar-refractivity contribution is -0.114. The second-order valence-corrected chi connectivity index (χ2v) is 10.8. The molecule has 0 radical (unpaired) electrons. The van der Waals surface area contributed by atoms with Gasteiger partial charge >= 0.3 is 6.18 Å². The van der Waals surface area contributed by atoms with Crippen LogP contribution in [0.3, 0.4) is 0 Å². The molecule has 1 saturated carbocycles. The van der Waals surface area contributed by atoms with Gasteiger partial charge in [-0.2, -0.15) is 13.2 Å². The summed E-state index contributed by atoms with van der Waals surface area (Å²) >= 11 is 0. The molecule has 0 saturated heterocycles. The van der Waals surface area contributed by atoms with Crippen molar-refractivity contribution in [3.05, 3.63) is 76.4 Å². The van der Waals surface area contributed by atoms with Gasteiger partial charge in [0.1, 0.15) is 12.4 Å². The molecule has 5 heteroatoms. The van der Waals surface area contributed by atoms with Crippen LogP contribution in [-0.2, 0) is 19.4 Å². The molecule has 35 heavy (non-hydrogen) atoms. The first-order valence-electron chi connectivity index (χ1n) is 13.0. The topological polar surface area (TPSA) is 29.5 Å². The summed E-state index contributed by atoms with van der Waals surface area (Å²) in [5.41, 5.74) is 3.86. The van der Waals surface area contributed by atoms with Crippen LogP contribution in [0.25, 0.3) is 0 Å². The van der Waals surface area contributed by atoms with Crippen molar-refractivity contribution in [2.45, 2.75) is 77.0 Å². The van der Waals surface area contributed by atoms with Crippen LogP contribution in [0.15, 0.2) is 54.1 Å². The number of aliphatic hydroxyl groups excluding tert-OH is 1. The molecule has 2 aromatic carbocycles. The van der Waals surface area contributed by atoms with E-state index in [1.807, 2.05) is 25.1 Å². The molecule has 3 unspecified atom stereocenters. The Balaban J connectivity index is 1.42. The third kappa shape index (κ3) is 4.64. The van der Waals surface area contributed by atoms with Crippen LogP contribution in [0.1, 0.15) is 73.6 Å². The van der Waals surface area contributed by atoms with Gasteiger partial charge in [0.25, 0.3) is 0 Å². The average molecular weight is 485 g/mol. The molecule has 2 nitrogen and oxygen atoms in total. The normalized spacial score (nSPS) is 27.6. The highest BCUT2D eigenvalue weighted by molar-refractivity contribution is 5.47. The van der Waals surface area contributed by atoms with E-state index in [4.69, 9.17) is 4.74 Å². The van der Waals surface area contributed by atoms with Crippen LogP contribution in [0.4, 0.5) is 13.2 Å². The molecule has 3 aliphatic rings. The van der Waals surface area contributed by atoms with E-state index in [9.17, 15) is 18.3 Å². The SMILES string of the molecule is C[C@]12CCC3c4cc(CCCCO)c(OCc5ccccc5)cc4CCC3C1CC=C2C(F)(F)F. The summed E-state index contributed by atoms with van der Waals surface area (Å²) in [6.07, 6.45) is 3.49. The van der Waals surface area contributed by atoms with Gasteiger partial charge in [-0.05, 0) is 97.4 Å². The van der Waals surface area contributed by atoms with Gasteiger partial charge in [0, 0.05) is 17.6 Å². The lowest BCUT2D eigenvalue weighted by Crippen LogP contribution is -2.43. The Morgan fingerprint density at radius 2 is 1.89 bits per heavy atom. The van der Waals surface area contributed by atoms with Crippen LogP contribution < -0.4 is 4.74 Å². The van der Waals surface area contributed by atoms with Crippen molar-refractivity contribution in [2.75, 3.05) is 6.61 Å². The van der Waals surface area contributed by atoms with E-state index in [0.29, 0.717) is 31.3 Å². The number of aryl methyl sites for hydroxylation is 2. The Labute approximate surface area is 206 Å². The monoisotopic (exact) mass is 484 g/mol. The van der Waals surface area contributed by atoms with Crippen molar-refractivity contribution < 1.29 is 23.0 Å². The predicted molar refractivity (Wildman–Crippen MR) is 131 cm³/mol. The Morgan fingerprint density at radius 3 is 2.63 bits per heavy atom. The van der Waals surface area contributed by atoms with E-state index in [0.717, 1.165) is 55.4 Å².